The van der Waals surface area contributed by atoms with Gasteiger partial charge in [-0.1, -0.05) is 37.3 Å². The number of nitrogens with two attached hydrogens (primary N) is 1. The summed E-state index contributed by atoms with van der Waals surface area (Å²) in [6, 6.07) is 5.40. The number of nitrogen functional groups attached to an aromatic ring is 1. The third kappa shape index (κ3) is 3.33. The van der Waals surface area contributed by atoms with E-state index in [1.54, 1.807) is 6.07 Å². The summed E-state index contributed by atoms with van der Waals surface area (Å²) >= 11 is 1.40. The highest BCUT2D eigenvalue weighted by Gasteiger charge is 2.15. The molecule has 0 atom stereocenters. The molecule has 0 saturated carbocycles. The Balaban J connectivity index is 2.14. The van der Waals surface area contributed by atoms with E-state index < -0.39 is 0 Å². The molecule has 1 amide bonds. The minimum atomic E-state index is -0.243. The molecule has 106 valence electrons. The molecule has 1 aromatic heterocycles. The van der Waals surface area contributed by atoms with Crippen molar-refractivity contribution >= 4 is 28.1 Å². The summed E-state index contributed by atoms with van der Waals surface area (Å²) < 4.78 is 0. The molecule has 0 unspecified atom stereocenters. The number of anilines is 2. The second-order valence-corrected chi connectivity index (χ2v) is 6.15. The van der Waals surface area contributed by atoms with E-state index in [0.29, 0.717) is 22.3 Å². The number of rotatable bonds is 4. The third-order valence-corrected chi connectivity index (χ3v) is 3.66. The van der Waals surface area contributed by atoms with E-state index in [1.807, 2.05) is 19.1 Å². The highest BCUT2D eigenvalue weighted by molar-refractivity contribution is 7.15. The maximum absolute atomic E-state index is 12.2. The SMILES string of the molecule is Cc1cccc(N)c1C(=O)Nc1nnc(CC(C)C)s1. The molecule has 5 nitrogen and oxygen atoms in total. The molecule has 6 heteroatoms. The number of aromatic nitrogens is 2. The molecule has 0 fully saturated rings. The lowest BCUT2D eigenvalue weighted by atomic mass is 10.1. The maximum atomic E-state index is 12.2. The van der Waals surface area contributed by atoms with Crippen LogP contribution >= 0.6 is 11.3 Å². The zero-order chi connectivity index (χ0) is 14.7. The van der Waals surface area contributed by atoms with Crippen molar-refractivity contribution in [3.63, 3.8) is 0 Å². The quantitative estimate of drug-likeness (QED) is 0.848. The molecule has 3 N–H and O–H groups in total. The Hall–Kier alpha value is -1.95. The van der Waals surface area contributed by atoms with E-state index in [0.717, 1.165) is 17.0 Å². The van der Waals surface area contributed by atoms with Crippen LogP contribution in [0.15, 0.2) is 18.2 Å². The molecule has 0 aliphatic rings. The molecular formula is C14H18N4OS. The van der Waals surface area contributed by atoms with Gasteiger partial charge < -0.3 is 5.73 Å². The largest absolute Gasteiger partial charge is 0.398 e. The smallest absolute Gasteiger partial charge is 0.259 e. The number of hydrogen-bond acceptors (Lipinski definition) is 5. The fourth-order valence-electron chi connectivity index (χ4n) is 1.90. The number of benzene rings is 1. The molecule has 0 aliphatic heterocycles. The van der Waals surface area contributed by atoms with Gasteiger partial charge in [0.15, 0.2) is 0 Å². The number of aryl methyl sites for hydroxylation is 1. The van der Waals surface area contributed by atoms with Crippen molar-refractivity contribution in [1.29, 1.82) is 0 Å². The van der Waals surface area contributed by atoms with Gasteiger partial charge in [0.05, 0.1) is 5.56 Å². The molecule has 0 saturated heterocycles. The predicted octanol–water partition coefficient (Wildman–Crippen LogP) is 2.88. The van der Waals surface area contributed by atoms with Gasteiger partial charge in [0.25, 0.3) is 5.91 Å². The average Bonchev–Trinajstić information content (AvgIpc) is 2.75. The van der Waals surface area contributed by atoms with Crippen molar-refractivity contribution in [3.05, 3.63) is 34.3 Å². The fourth-order valence-corrected chi connectivity index (χ4v) is 2.84. The van der Waals surface area contributed by atoms with E-state index in [9.17, 15) is 4.79 Å². The van der Waals surface area contributed by atoms with Gasteiger partial charge >= 0.3 is 0 Å². The monoisotopic (exact) mass is 290 g/mol. The van der Waals surface area contributed by atoms with Gasteiger partial charge in [-0.3, -0.25) is 10.1 Å². The van der Waals surface area contributed by atoms with Gasteiger partial charge in [-0.05, 0) is 24.5 Å². The zero-order valence-corrected chi connectivity index (χ0v) is 12.6. The summed E-state index contributed by atoms with van der Waals surface area (Å²) in [7, 11) is 0. The van der Waals surface area contributed by atoms with Crippen LogP contribution in [0.3, 0.4) is 0 Å². The molecule has 1 heterocycles. The Bertz CT molecular complexity index is 601. The average molecular weight is 290 g/mol. The predicted molar refractivity (Wildman–Crippen MR) is 82.0 cm³/mol. The summed E-state index contributed by atoms with van der Waals surface area (Å²) in [6.45, 7) is 6.09. The van der Waals surface area contributed by atoms with Crippen LogP contribution in [-0.4, -0.2) is 16.1 Å². The number of amides is 1. The molecule has 0 radical (unpaired) electrons. The first-order valence-corrected chi connectivity index (χ1v) is 7.28. The van der Waals surface area contributed by atoms with Gasteiger partial charge in [0.1, 0.15) is 5.01 Å². The van der Waals surface area contributed by atoms with E-state index in [-0.39, 0.29) is 5.91 Å². The summed E-state index contributed by atoms with van der Waals surface area (Å²) in [5, 5.41) is 12.3. The van der Waals surface area contributed by atoms with Gasteiger partial charge in [-0.25, -0.2) is 0 Å². The van der Waals surface area contributed by atoms with Crippen LogP contribution in [0.25, 0.3) is 0 Å². The topological polar surface area (TPSA) is 80.9 Å². The number of carbonyl (C=O) groups excluding carboxylic acids is 1. The zero-order valence-electron chi connectivity index (χ0n) is 11.8. The van der Waals surface area contributed by atoms with Gasteiger partial charge in [-0.15, -0.1) is 10.2 Å². The molecule has 0 aliphatic carbocycles. The van der Waals surface area contributed by atoms with Crippen molar-refractivity contribution in [1.82, 2.24) is 10.2 Å². The molecule has 0 bridgehead atoms. The van der Waals surface area contributed by atoms with Crippen LogP contribution in [-0.2, 0) is 6.42 Å². The highest BCUT2D eigenvalue weighted by Crippen LogP contribution is 2.21. The Morgan fingerprint density at radius 2 is 2.15 bits per heavy atom. The van der Waals surface area contributed by atoms with E-state index in [2.05, 4.69) is 29.4 Å². The molecule has 2 aromatic rings. The fraction of sp³-hybridized carbons (Fsp3) is 0.357. The van der Waals surface area contributed by atoms with E-state index in [4.69, 9.17) is 5.73 Å². The molecular weight excluding hydrogens is 272 g/mol. The van der Waals surface area contributed by atoms with Crippen molar-refractivity contribution in [2.45, 2.75) is 27.2 Å². The molecule has 20 heavy (non-hydrogen) atoms. The van der Waals surface area contributed by atoms with Crippen molar-refractivity contribution < 1.29 is 4.79 Å². The minimum absolute atomic E-state index is 0.243. The lowest BCUT2D eigenvalue weighted by Gasteiger charge is -2.07. The molecule has 1 aromatic carbocycles. The second kappa shape index (κ2) is 6.00. The van der Waals surface area contributed by atoms with Crippen LogP contribution < -0.4 is 11.1 Å². The van der Waals surface area contributed by atoms with Crippen LogP contribution in [0.4, 0.5) is 10.8 Å². The second-order valence-electron chi connectivity index (χ2n) is 5.09. The van der Waals surface area contributed by atoms with Gasteiger partial charge in [-0.2, -0.15) is 0 Å². The Morgan fingerprint density at radius 1 is 1.40 bits per heavy atom. The van der Waals surface area contributed by atoms with Crippen LogP contribution in [0.1, 0.15) is 34.8 Å². The highest BCUT2D eigenvalue weighted by atomic mass is 32.1. The lowest BCUT2D eigenvalue weighted by molar-refractivity contribution is 0.102. The number of nitrogens with one attached hydrogen (secondary N) is 1. The number of nitrogens with zero attached hydrogens (tertiary/aromatic N) is 2. The van der Waals surface area contributed by atoms with Gasteiger partial charge in [0.2, 0.25) is 5.13 Å². The first-order chi connectivity index (χ1) is 9.47. The van der Waals surface area contributed by atoms with Crippen molar-refractivity contribution in [2.75, 3.05) is 11.1 Å². The maximum Gasteiger partial charge on any atom is 0.259 e. The lowest BCUT2D eigenvalue weighted by Crippen LogP contribution is -2.15. The molecule has 0 spiro atoms. The molecule has 2 rings (SSSR count). The van der Waals surface area contributed by atoms with E-state index in [1.165, 1.54) is 11.3 Å². The summed E-state index contributed by atoms with van der Waals surface area (Å²) in [5.41, 5.74) is 7.66. The van der Waals surface area contributed by atoms with Crippen molar-refractivity contribution in [2.24, 2.45) is 5.92 Å². The summed E-state index contributed by atoms with van der Waals surface area (Å²) in [5.74, 6) is 0.270. The number of carbonyl (C=O) groups is 1. The Morgan fingerprint density at radius 3 is 2.80 bits per heavy atom. The van der Waals surface area contributed by atoms with Crippen LogP contribution in [0.2, 0.25) is 0 Å². The summed E-state index contributed by atoms with van der Waals surface area (Å²) in [6.07, 6.45) is 0.861. The van der Waals surface area contributed by atoms with E-state index >= 15 is 0 Å². The first-order valence-electron chi connectivity index (χ1n) is 6.46. The summed E-state index contributed by atoms with van der Waals surface area (Å²) in [4.78, 5) is 12.2. The standard InChI is InChI=1S/C14H18N4OS/c1-8(2)7-11-17-18-14(20-11)16-13(19)12-9(3)5-4-6-10(12)15/h4-6,8H,7,15H2,1-3H3,(H,16,18,19). The first kappa shape index (κ1) is 14.5. The van der Waals surface area contributed by atoms with Crippen molar-refractivity contribution in [3.8, 4) is 0 Å². The van der Waals surface area contributed by atoms with Gasteiger partial charge in [0, 0.05) is 12.1 Å². The van der Waals surface area contributed by atoms with Crippen LogP contribution in [0.5, 0.6) is 0 Å². The number of hydrogen-bond donors (Lipinski definition) is 2. The Kier molecular flexibility index (Phi) is 4.34. The minimum Gasteiger partial charge on any atom is -0.398 e. The Labute approximate surface area is 122 Å². The normalized spacial score (nSPS) is 10.8. The van der Waals surface area contributed by atoms with Crippen LogP contribution in [0, 0.1) is 12.8 Å². The third-order valence-electron chi connectivity index (χ3n) is 2.80.